The number of anilines is 1. The van der Waals surface area contributed by atoms with Crippen molar-refractivity contribution >= 4 is 17.6 Å². The molecule has 0 bridgehead atoms. The number of nitrogens with one attached hydrogen (secondary N) is 1. The summed E-state index contributed by atoms with van der Waals surface area (Å²) in [7, 11) is 0. The van der Waals surface area contributed by atoms with Crippen molar-refractivity contribution in [3.05, 3.63) is 42.2 Å². The van der Waals surface area contributed by atoms with Gasteiger partial charge in [-0.3, -0.25) is 14.5 Å². The summed E-state index contributed by atoms with van der Waals surface area (Å²) >= 11 is 0. The molecule has 0 spiro atoms. The Morgan fingerprint density at radius 1 is 1.19 bits per heavy atom. The second-order valence-electron chi connectivity index (χ2n) is 6.13. The van der Waals surface area contributed by atoms with Crippen LogP contribution in [0, 0.1) is 6.92 Å². The van der Waals surface area contributed by atoms with Crippen LogP contribution in [0.25, 0.3) is 0 Å². The van der Waals surface area contributed by atoms with Gasteiger partial charge in [-0.25, -0.2) is 0 Å². The summed E-state index contributed by atoms with van der Waals surface area (Å²) in [6.45, 7) is 4.48. The maximum absolute atomic E-state index is 12.2. The Morgan fingerprint density at radius 3 is 2.58 bits per heavy atom. The molecule has 0 saturated carbocycles. The summed E-state index contributed by atoms with van der Waals surface area (Å²) in [6, 6.07) is 10.9. The number of carbonyl (C=O) groups is 2. The standard InChI is InChI=1S/C18H22N4O4/c1-14-11-16(20-26-14)19-17(23)12-21-7-9-22(10-8-21)18(24)13-25-15-5-3-2-4-6-15/h2-6,11H,7-10,12-13H2,1H3,(H,19,20,23). The third kappa shape index (κ3) is 5.06. The summed E-state index contributed by atoms with van der Waals surface area (Å²) in [5, 5.41) is 6.43. The van der Waals surface area contributed by atoms with Gasteiger partial charge < -0.3 is 19.5 Å². The molecule has 1 N–H and O–H groups in total. The number of ether oxygens (including phenoxy) is 1. The summed E-state index contributed by atoms with van der Waals surface area (Å²) in [6.07, 6.45) is 0. The first-order chi connectivity index (χ1) is 12.6. The molecule has 1 fully saturated rings. The Balaban J connectivity index is 1.38. The maximum Gasteiger partial charge on any atom is 0.260 e. The number of nitrogens with zero attached hydrogens (tertiary/aromatic N) is 3. The van der Waals surface area contributed by atoms with Gasteiger partial charge in [0.05, 0.1) is 6.54 Å². The fraction of sp³-hybridized carbons (Fsp3) is 0.389. The molecule has 26 heavy (non-hydrogen) atoms. The van der Waals surface area contributed by atoms with Crippen LogP contribution in [-0.2, 0) is 9.59 Å². The molecule has 1 aromatic heterocycles. The molecule has 0 atom stereocenters. The van der Waals surface area contributed by atoms with E-state index in [4.69, 9.17) is 9.26 Å². The van der Waals surface area contributed by atoms with Gasteiger partial charge in [0.1, 0.15) is 11.5 Å². The molecule has 2 aromatic rings. The number of benzene rings is 1. The van der Waals surface area contributed by atoms with Crippen molar-refractivity contribution in [2.45, 2.75) is 6.92 Å². The van der Waals surface area contributed by atoms with Crippen molar-refractivity contribution in [3.63, 3.8) is 0 Å². The largest absolute Gasteiger partial charge is 0.484 e. The lowest BCUT2D eigenvalue weighted by Crippen LogP contribution is -2.51. The van der Waals surface area contributed by atoms with Crippen molar-refractivity contribution < 1.29 is 18.8 Å². The number of piperazine rings is 1. The quantitative estimate of drug-likeness (QED) is 0.833. The third-order valence-corrected chi connectivity index (χ3v) is 4.09. The van der Waals surface area contributed by atoms with Crippen LogP contribution in [0.3, 0.4) is 0 Å². The van der Waals surface area contributed by atoms with E-state index in [9.17, 15) is 9.59 Å². The average Bonchev–Trinajstić information content (AvgIpc) is 3.05. The summed E-state index contributed by atoms with van der Waals surface area (Å²) in [5.74, 6) is 1.55. The molecule has 1 saturated heterocycles. The van der Waals surface area contributed by atoms with Crippen LogP contribution in [0.4, 0.5) is 5.82 Å². The molecule has 2 amide bonds. The van der Waals surface area contributed by atoms with E-state index in [1.165, 1.54) is 0 Å². The van der Waals surface area contributed by atoms with Gasteiger partial charge in [-0.15, -0.1) is 0 Å². The first-order valence-electron chi connectivity index (χ1n) is 8.51. The topological polar surface area (TPSA) is 87.9 Å². The summed E-state index contributed by atoms with van der Waals surface area (Å²) in [4.78, 5) is 28.0. The highest BCUT2D eigenvalue weighted by atomic mass is 16.5. The van der Waals surface area contributed by atoms with Gasteiger partial charge in [-0.1, -0.05) is 23.4 Å². The minimum atomic E-state index is -0.148. The molecule has 0 aliphatic carbocycles. The minimum absolute atomic E-state index is 0.0238. The van der Waals surface area contributed by atoms with E-state index in [0.717, 1.165) is 0 Å². The normalized spacial score (nSPS) is 14.9. The molecule has 2 heterocycles. The molecular weight excluding hydrogens is 336 g/mol. The fourth-order valence-electron chi connectivity index (χ4n) is 2.72. The van der Waals surface area contributed by atoms with Crippen molar-refractivity contribution in [1.82, 2.24) is 15.0 Å². The van der Waals surface area contributed by atoms with Crippen LogP contribution in [0.1, 0.15) is 5.76 Å². The smallest absolute Gasteiger partial charge is 0.260 e. The molecule has 1 aliphatic rings. The number of hydrogen-bond acceptors (Lipinski definition) is 6. The average molecular weight is 358 g/mol. The van der Waals surface area contributed by atoms with Gasteiger partial charge in [0.15, 0.2) is 12.4 Å². The Bertz CT molecular complexity index is 739. The number of hydrogen-bond donors (Lipinski definition) is 1. The van der Waals surface area contributed by atoms with E-state index in [-0.39, 0.29) is 25.0 Å². The van der Waals surface area contributed by atoms with Gasteiger partial charge in [-0.2, -0.15) is 0 Å². The van der Waals surface area contributed by atoms with E-state index in [1.54, 1.807) is 17.9 Å². The van der Waals surface area contributed by atoms with Gasteiger partial charge >= 0.3 is 0 Å². The number of aromatic nitrogens is 1. The molecule has 0 unspecified atom stereocenters. The highest BCUT2D eigenvalue weighted by Crippen LogP contribution is 2.10. The molecule has 0 radical (unpaired) electrons. The first kappa shape index (κ1) is 17.9. The zero-order chi connectivity index (χ0) is 18.4. The maximum atomic E-state index is 12.2. The van der Waals surface area contributed by atoms with Gasteiger partial charge in [0.25, 0.3) is 5.91 Å². The monoisotopic (exact) mass is 358 g/mol. The summed E-state index contributed by atoms with van der Waals surface area (Å²) in [5.41, 5.74) is 0. The van der Waals surface area contributed by atoms with E-state index in [1.807, 2.05) is 35.2 Å². The first-order valence-corrected chi connectivity index (χ1v) is 8.51. The number of carbonyl (C=O) groups excluding carboxylic acids is 2. The van der Waals surface area contributed by atoms with E-state index >= 15 is 0 Å². The second-order valence-corrected chi connectivity index (χ2v) is 6.13. The van der Waals surface area contributed by atoms with Crippen molar-refractivity contribution in [3.8, 4) is 5.75 Å². The number of para-hydroxylation sites is 1. The number of amides is 2. The molecule has 1 aromatic carbocycles. The van der Waals surface area contributed by atoms with Crippen LogP contribution in [0.5, 0.6) is 5.75 Å². The zero-order valence-electron chi connectivity index (χ0n) is 14.7. The highest BCUT2D eigenvalue weighted by Gasteiger charge is 2.23. The van der Waals surface area contributed by atoms with Crippen LogP contribution < -0.4 is 10.1 Å². The zero-order valence-corrected chi connectivity index (χ0v) is 14.7. The molecular formula is C18H22N4O4. The Labute approximate surface area is 151 Å². The highest BCUT2D eigenvalue weighted by molar-refractivity contribution is 5.91. The SMILES string of the molecule is Cc1cc(NC(=O)CN2CCN(C(=O)COc3ccccc3)CC2)no1. The fourth-order valence-corrected chi connectivity index (χ4v) is 2.72. The van der Waals surface area contributed by atoms with Gasteiger partial charge in [-0.05, 0) is 19.1 Å². The summed E-state index contributed by atoms with van der Waals surface area (Å²) < 4.78 is 10.4. The Morgan fingerprint density at radius 2 is 1.92 bits per heavy atom. The van der Waals surface area contributed by atoms with E-state index in [2.05, 4.69) is 10.5 Å². The predicted octanol–water partition coefficient (Wildman–Crippen LogP) is 1.14. The lowest BCUT2D eigenvalue weighted by Gasteiger charge is -2.34. The number of aryl methyl sites for hydroxylation is 1. The third-order valence-electron chi connectivity index (χ3n) is 4.09. The second kappa shape index (κ2) is 8.48. The molecule has 3 rings (SSSR count). The minimum Gasteiger partial charge on any atom is -0.484 e. The van der Waals surface area contributed by atoms with E-state index < -0.39 is 0 Å². The molecule has 8 nitrogen and oxygen atoms in total. The lowest BCUT2D eigenvalue weighted by molar-refractivity contribution is -0.135. The molecule has 8 heteroatoms. The Kier molecular flexibility index (Phi) is 5.85. The number of rotatable bonds is 6. The van der Waals surface area contributed by atoms with Gasteiger partial charge in [0, 0.05) is 32.2 Å². The predicted molar refractivity (Wildman–Crippen MR) is 94.8 cm³/mol. The van der Waals surface area contributed by atoms with Crippen LogP contribution in [0.15, 0.2) is 40.9 Å². The van der Waals surface area contributed by atoms with Gasteiger partial charge in [0.2, 0.25) is 5.91 Å². The molecule has 138 valence electrons. The van der Waals surface area contributed by atoms with Crippen molar-refractivity contribution in [2.24, 2.45) is 0 Å². The Hall–Kier alpha value is -2.87. The van der Waals surface area contributed by atoms with Crippen molar-refractivity contribution in [1.29, 1.82) is 0 Å². The van der Waals surface area contributed by atoms with Crippen LogP contribution in [0.2, 0.25) is 0 Å². The van der Waals surface area contributed by atoms with Crippen LogP contribution in [-0.4, -0.2) is 66.1 Å². The lowest BCUT2D eigenvalue weighted by atomic mass is 10.3. The van der Waals surface area contributed by atoms with E-state index in [0.29, 0.717) is 43.5 Å². The van der Waals surface area contributed by atoms with Crippen LogP contribution >= 0.6 is 0 Å². The molecule has 1 aliphatic heterocycles. The van der Waals surface area contributed by atoms with Crippen molar-refractivity contribution in [2.75, 3.05) is 44.6 Å².